The van der Waals surface area contributed by atoms with Gasteiger partial charge in [0, 0.05) is 56.8 Å². The fourth-order valence-electron chi connectivity index (χ4n) is 3.78. The van der Waals surface area contributed by atoms with E-state index in [-0.39, 0.29) is 0 Å². The van der Waals surface area contributed by atoms with Crippen molar-refractivity contribution in [2.24, 2.45) is 7.05 Å². The first-order chi connectivity index (χ1) is 10.8. The zero-order valence-corrected chi connectivity index (χ0v) is 13.3. The molecule has 0 bridgehead atoms. The largest absolute Gasteiger partial charge is 0.369 e. The molecule has 4 rings (SSSR count). The van der Waals surface area contributed by atoms with Gasteiger partial charge in [0.2, 0.25) is 0 Å². The van der Waals surface area contributed by atoms with Gasteiger partial charge in [0.05, 0.1) is 11.2 Å². The second-order valence-corrected chi connectivity index (χ2v) is 6.49. The maximum Gasteiger partial charge on any atom is 0.0746 e. The second-order valence-electron chi connectivity index (χ2n) is 6.49. The quantitative estimate of drug-likeness (QED) is 0.881. The lowest BCUT2D eigenvalue weighted by atomic mass is 9.94. The molecule has 0 spiro atoms. The fraction of sp³-hybridized carbons (Fsp3) is 0.588. The summed E-state index contributed by atoms with van der Waals surface area (Å²) in [7, 11) is 2.07. The average molecular weight is 299 g/mol. The highest BCUT2D eigenvalue weighted by Crippen LogP contribution is 2.31. The van der Waals surface area contributed by atoms with Crippen molar-refractivity contribution in [3.05, 3.63) is 23.9 Å². The summed E-state index contributed by atoms with van der Waals surface area (Å²) in [6.07, 6.45) is 2.50. The van der Waals surface area contributed by atoms with Gasteiger partial charge in [-0.15, -0.1) is 0 Å². The predicted molar refractivity (Wildman–Crippen MR) is 90.6 cm³/mol. The number of nitrogens with zero attached hydrogens (tertiary/aromatic N) is 3. The van der Waals surface area contributed by atoms with Crippen molar-refractivity contribution in [3.63, 3.8) is 0 Å². The minimum absolute atomic E-state index is 0.558. The number of nitrogens with one attached hydrogen (secondary N) is 2. The average Bonchev–Trinajstić information content (AvgIpc) is 2.93. The van der Waals surface area contributed by atoms with E-state index in [1.165, 1.54) is 35.1 Å². The maximum atomic E-state index is 4.85. The van der Waals surface area contributed by atoms with Gasteiger partial charge in [-0.05, 0) is 37.6 Å². The summed E-state index contributed by atoms with van der Waals surface area (Å²) >= 11 is 0. The zero-order chi connectivity index (χ0) is 14.9. The Morgan fingerprint density at radius 2 is 2.00 bits per heavy atom. The summed E-state index contributed by atoms with van der Waals surface area (Å²) in [5.41, 5.74) is 3.86. The lowest BCUT2D eigenvalue weighted by Gasteiger charge is -2.29. The Labute approximate surface area is 131 Å². The smallest absolute Gasteiger partial charge is 0.0746 e. The molecule has 1 aromatic carbocycles. The first-order valence-corrected chi connectivity index (χ1v) is 8.46. The summed E-state index contributed by atoms with van der Waals surface area (Å²) in [6.45, 7) is 6.52. The van der Waals surface area contributed by atoms with E-state index in [0.29, 0.717) is 5.92 Å². The molecule has 22 heavy (non-hydrogen) atoms. The minimum Gasteiger partial charge on any atom is -0.369 e. The molecule has 2 N–H and O–H groups in total. The molecule has 5 heteroatoms. The van der Waals surface area contributed by atoms with Gasteiger partial charge in [-0.25, -0.2) is 0 Å². The third-order valence-corrected chi connectivity index (χ3v) is 5.03. The van der Waals surface area contributed by atoms with Crippen molar-refractivity contribution < 1.29 is 0 Å². The highest BCUT2D eigenvalue weighted by Gasteiger charge is 2.22. The number of rotatable bonds is 2. The number of anilines is 1. The van der Waals surface area contributed by atoms with E-state index in [4.69, 9.17) is 5.10 Å². The molecule has 2 fully saturated rings. The van der Waals surface area contributed by atoms with Gasteiger partial charge in [0.1, 0.15) is 0 Å². The Morgan fingerprint density at radius 3 is 2.77 bits per heavy atom. The van der Waals surface area contributed by atoms with Gasteiger partial charge in [0.15, 0.2) is 0 Å². The van der Waals surface area contributed by atoms with Gasteiger partial charge < -0.3 is 15.5 Å². The van der Waals surface area contributed by atoms with Crippen molar-refractivity contribution in [1.29, 1.82) is 0 Å². The van der Waals surface area contributed by atoms with Gasteiger partial charge in [-0.3, -0.25) is 4.68 Å². The SMILES string of the molecule is Cn1nc(C2CCCNC2)c2ccc(N3CCNCC3)cc21. The Morgan fingerprint density at radius 1 is 1.14 bits per heavy atom. The molecule has 5 nitrogen and oxygen atoms in total. The van der Waals surface area contributed by atoms with Crippen LogP contribution < -0.4 is 15.5 Å². The summed E-state index contributed by atoms with van der Waals surface area (Å²) in [4.78, 5) is 2.46. The minimum atomic E-state index is 0.558. The monoisotopic (exact) mass is 299 g/mol. The Bertz CT molecular complexity index is 650. The van der Waals surface area contributed by atoms with Crippen LogP contribution in [0.2, 0.25) is 0 Å². The molecular formula is C17H25N5. The molecule has 1 aromatic heterocycles. The van der Waals surface area contributed by atoms with E-state index in [0.717, 1.165) is 39.3 Å². The van der Waals surface area contributed by atoms with Crippen LogP contribution in [0.15, 0.2) is 18.2 Å². The predicted octanol–water partition coefficient (Wildman–Crippen LogP) is 1.45. The van der Waals surface area contributed by atoms with Crippen LogP contribution in [0.5, 0.6) is 0 Å². The van der Waals surface area contributed by atoms with Gasteiger partial charge >= 0.3 is 0 Å². The van der Waals surface area contributed by atoms with Crippen LogP contribution in [0.3, 0.4) is 0 Å². The number of hydrogen-bond acceptors (Lipinski definition) is 4. The van der Waals surface area contributed by atoms with Gasteiger partial charge in [-0.1, -0.05) is 0 Å². The second kappa shape index (κ2) is 5.89. The Balaban J connectivity index is 1.69. The topological polar surface area (TPSA) is 45.1 Å². The summed E-state index contributed by atoms with van der Waals surface area (Å²) in [5, 5.41) is 13.1. The van der Waals surface area contributed by atoms with Crippen molar-refractivity contribution in [3.8, 4) is 0 Å². The normalized spacial score (nSPS) is 23.1. The molecule has 2 aliphatic heterocycles. The highest BCUT2D eigenvalue weighted by atomic mass is 15.3. The Hall–Kier alpha value is -1.59. The third kappa shape index (κ3) is 2.48. The van der Waals surface area contributed by atoms with E-state index >= 15 is 0 Å². The van der Waals surface area contributed by atoms with Crippen LogP contribution in [0.25, 0.3) is 10.9 Å². The number of hydrogen-bond donors (Lipinski definition) is 2. The summed E-state index contributed by atoms with van der Waals surface area (Å²) in [6, 6.07) is 6.87. The van der Waals surface area contributed by atoms with E-state index in [1.807, 2.05) is 0 Å². The van der Waals surface area contributed by atoms with E-state index in [9.17, 15) is 0 Å². The Kier molecular flexibility index (Phi) is 3.76. The molecule has 0 amide bonds. The van der Waals surface area contributed by atoms with Crippen molar-refractivity contribution in [2.45, 2.75) is 18.8 Å². The molecule has 1 atom stereocenters. The number of piperidine rings is 1. The maximum absolute atomic E-state index is 4.85. The fourth-order valence-corrected chi connectivity index (χ4v) is 3.78. The molecule has 118 valence electrons. The van der Waals surface area contributed by atoms with Gasteiger partial charge in [-0.2, -0.15) is 5.10 Å². The number of aromatic nitrogens is 2. The number of piperazine rings is 1. The van der Waals surface area contributed by atoms with E-state index < -0.39 is 0 Å². The van der Waals surface area contributed by atoms with E-state index in [2.05, 4.69) is 45.5 Å². The standard InChI is InChI=1S/C17H25N5/c1-21-16-11-14(22-9-7-18-8-10-22)4-5-15(16)17(20-21)13-3-2-6-19-12-13/h4-5,11,13,18-19H,2-3,6-10,12H2,1H3. The van der Waals surface area contributed by atoms with Crippen LogP contribution >= 0.6 is 0 Å². The first-order valence-electron chi connectivity index (χ1n) is 8.46. The number of fused-ring (bicyclic) bond motifs is 1. The summed E-state index contributed by atoms with van der Waals surface area (Å²) in [5.74, 6) is 0.558. The highest BCUT2D eigenvalue weighted by molar-refractivity contribution is 5.86. The molecule has 0 saturated carbocycles. The van der Waals surface area contributed by atoms with Crippen LogP contribution in [-0.4, -0.2) is 49.0 Å². The lowest BCUT2D eigenvalue weighted by molar-refractivity contribution is 0.453. The molecule has 0 aliphatic carbocycles. The van der Waals surface area contributed by atoms with Gasteiger partial charge in [0.25, 0.3) is 0 Å². The van der Waals surface area contributed by atoms with Crippen LogP contribution in [0, 0.1) is 0 Å². The summed E-state index contributed by atoms with van der Waals surface area (Å²) < 4.78 is 2.06. The number of benzene rings is 1. The molecule has 2 aromatic rings. The third-order valence-electron chi connectivity index (χ3n) is 5.03. The molecule has 1 unspecified atom stereocenters. The van der Waals surface area contributed by atoms with Crippen LogP contribution in [0.1, 0.15) is 24.5 Å². The van der Waals surface area contributed by atoms with Crippen molar-refractivity contribution in [1.82, 2.24) is 20.4 Å². The number of aryl methyl sites for hydroxylation is 1. The van der Waals surface area contributed by atoms with Crippen molar-refractivity contribution in [2.75, 3.05) is 44.2 Å². The van der Waals surface area contributed by atoms with Crippen LogP contribution in [0.4, 0.5) is 5.69 Å². The molecular weight excluding hydrogens is 274 g/mol. The first kappa shape index (κ1) is 14.0. The molecule has 2 saturated heterocycles. The molecule has 0 radical (unpaired) electrons. The van der Waals surface area contributed by atoms with Crippen molar-refractivity contribution >= 4 is 16.6 Å². The molecule has 3 heterocycles. The molecule has 2 aliphatic rings. The zero-order valence-electron chi connectivity index (χ0n) is 13.3. The lowest BCUT2D eigenvalue weighted by Crippen LogP contribution is -2.43. The van der Waals surface area contributed by atoms with Crippen LogP contribution in [-0.2, 0) is 7.05 Å². The van der Waals surface area contributed by atoms with E-state index in [1.54, 1.807) is 0 Å².